The van der Waals surface area contributed by atoms with E-state index in [9.17, 15) is 9.90 Å². The summed E-state index contributed by atoms with van der Waals surface area (Å²) >= 11 is 0. The lowest BCUT2D eigenvalue weighted by atomic mass is 9.93. The van der Waals surface area contributed by atoms with Crippen LogP contribution < -0.4 is 5.32 Å². The Balaban J connectivity index is 1.98. The molecule has 122 valence electrons. The van der Waals surface area contributed by atoms with Crippen LogP contribution in [0.4, 0.5) is 0 Å². The molecule has 1 saturated heterocycles. The van der Waals surface area contributed by atoms with E-state index in [1.807, 2.05) is 0 Å². The van der Waals surface area contributed by atoms with Gasteiger partial charge in [-0.2, -0.15) is 0 Å². The quantitative estimate of drug-likeness (QED) is 0.782. The number of methoxy groups -OCH3 is 1. The van der Waals surface area contributed by atoms with E-state index < -0.39 is 11.5 Å². The van der Waals surface area contributed by atoms with Crippen LogP contribution in [0.3, 0.4) is 0 Å². The highest BCUT2D eigenvalue weighted by Gasteiger charge is 2.47. The van der Waals surface area contributed by atoms with E-state index >= 15 is 0 Å². The number of ether oxygens (including phenoxy) is 1. The molecule has 0 aromatic rings. The van der Waals surface area contributed by atoms with Crippen LogP contribution in [-0.2, 0) is 9.53 Å². The lowest BCUT2D eigenvalue weighted by Crippen LogP contribution is -2.53. The first-order valence-corrected chi connectivity index (χ1v) is 8.27. The lowest BCUT2D eigenvalue weighted by Gasteiger charge is -2.40. The first-order valence-electron chi connectivity index (χ1n) is 8.27. The molecule has 2 N–H and O–H groups in total. The van der Waals surface area contributed by atoms with Gasteiger partial charge >= 0.3 is 5.97 Å². The zero-order valence-corrected chi connectivity index (χ0v) is 13.6. The molecule has 5 heteroatoms. The first-order chi connectivity index (χ1) is 10.0. The maximum Gasteiger partial charge on any atom is 0.323 e. The second kappa shape index (κ2) is 7.07. The molecule has 2 rings (SSSR count). The van der Waals surface area contributed by atoms with Crippen LogP contribution in [-0.4, -0.2) is 60.4 Å². The third-order valence-electron chi connectivity index (χ3n) is 5.35. The number of carbonyl (C=O) groups is 1. The van der Waals surface area contributed by atoms with E-state index in [0.29, 0.717) is 18.4 Å². The summed E-state index contributed by atoms with van der Waals surface area (Å²) in [6.07, 6.45) is 4.80. The number of nitrogens with zero attached hydrogens (tertiary/aromatic N) is 1. The summed E-state index contributed by atoms with van der Waals surface area (Å²) < 4.78 is 5.58. The number of rotatable bonds is 6. The SMILES string of the molecule is CCCNC1(C(=O)O)CCC(N2CCC(C)C(OC)C2)C1. The Bertz CT molecular complexity index is 363. The molecule has 1 aliphatic heterocycles. The van der Waals surface area contributed by atoms with Gasteiger partial charge in [0.15, 0.2) is 0 Å². The van der Waals surface area contributed by atoms with Crippen molar-refractivity contribution >= 4 is 5.97 Å². The molecule has 1 heterocycles. The normalized spacial score (nSPS) is 37.8. The van der Waals surface area contributed by atoms with E-state index in [1.165, 1.54) is 0 Å². The van der Waals surface area contributed by atoms with Crippen LogP contribution in [0, 0.1) is 5.92 Å². The molecule has 0 amide bonds. The van der Waals surface area contributed by atoms with Crippen LogP contribution in [0.2, 0.25) is 0 Å². The van der Waals surface area contributed by atoms with E-state index in [1.54, 1.807) is 7.11 Å². The van der Waals surface area contributed by atoms with Crippen molar-refractivity contribution in [2.24, 2.45) is 5.92 Å². The minimum Gasteiger partial charge on any atom is -0.480 e. The molecule has 0 aromatic heterocycles. The van der Waals surface area contributed by atoms with Crippen molar-refractivity contribution < 1.29 is 14.6 Å². The maximum atomic E-state index is 11.7. The third kappa shape index (κ3) is 3.58. The fraction of sp³-hybridized carbons (Fsp3) is 0.938. The smallest absolute Gasteiger partial charge is 0.323 e. The number of piperidine rings is 1. The van der Waals surface area contributed by atoms with Gasteiger partial charge in [-0.25, -0.2) is 0 Å². The first kappa shape index (κ1) is 16.7. The Labute approximate surface area is 128 Å². The van der Waals surface area contributed by atoms with Gasteiger partial charge in [0.05, 0.1) is 6.10 Å². The molecular formula is C16H30N2O3. The average Bonchev–Trinajstić information content (AvgIpc) is 2.91. The largest absolute Gasteiger partial charge is 0.480 e. The Morgan fingerprint density at radius 3 is 2.86 bits per heavy atom. The second-order valence-corrected chi connectivity index (χ2v) is 6.75. The van der Waals surface area contributed by atoms with Gasteiger partial charge in [-0.15, -0.1) is 0 Å². The molecule has 0 radical (unpaired) electrons. The summed E-state index contributed by atoms with van der Waals surface area (Å²) in [5.41, 5.74) is -0.716. The van der Waals surface area contributed by atoms with Crippen LogP contribution in [0.1, 0.15) is 46.0 Å². The van der Waals surface area contributed by atoms with Crippen LogP contribution in [0.5, 0.6) is 0 Å². The Morgan fingerprint density at radius 1 is 1.48 bits per heavy atom. The van der Waals surface area contributed by atoms with Gasteiger partial charge in [0, 0.05) is 19.7 Å². The van der Waals surface area contributed by atoms with Crippen LogP contribution in [0.25, 0.3) is 0 Å². The van der Waals surface area contributed by atoms with Crippen molar-refractivity contribution in [2.75, 3.05) is 26.7 Å². The second-order valence-electron chi connectivity index (χ2n) is 6.75. The molecule has 1 aliphatic carbocycles. The monoisotopic (exact) mass is 298 g/mol. The molecule has 0 spiro atoms. The maximum absolute atomic E-state index is 11.7. The molecule has 0 aromatic carbocycles. The molecule has 4 unspecified atom stereocenters. The molecule has 4 atom stereocenters. The lowest BCUT2D eigenvalue weighted by molar-refractivity contribution is -0.144. The van der Waals surface area contributed by atoms with Gasteiger partial charge in [0.25, 0.3) is 0 Å². The van der Waals surface area contributed by atoms with Gasteiger partial charge in [0.1, 0.15) is 5.54 Å². The summed E-state index contributed by atoms with van der Waals surface area (Å²) in [6.45, 7) is 7.09. The minimum absolute atomic E-state index is 0.280. The zero-order chi connectivity index (χ0) is 15.5. The molecule has 5 nitrogen and oxygen atoms in total. The van der Waals surface area contributed by atoms with Crippen LogP contribution in [0.15, 0.2) is 0 Å². The Hall–Kier alpha value is -0.650. The Morgan fingerprint density at radius 2 is 2.24 bits per heavy atom. The molecule has 0 bridgehead atoms. The predicted octanol–water partition coefficient (Wildman–Crippen LogP) is 1.72. The number of carboxylic acids is 1. The highest BCUT2D eigenvalue weighted by atomic mass is 16.5. The summed E-state index contributed by atoms with van der Waals surface area (Å²) in [5, 5.41) is 12.9. The summed E-state index contributed by atoms with van der Waals surface area (Å²) in [7, 11) is 1.78. The topological polar surface area (TPSA) is 61.8 Å². The zero-order valence-electron chi connectivity index (χ0n) is 13.6. The molecule has 1 saturated carbocycles. The number of hydrogen-bond acceptors (Lipinski definition) is 4. The standard InChI is InChI=1S/C16H30N2O3/c1-4-8-17-16(15(19)20)7-5-13(10-16)18-9-6-12(2)14(11-18)21-3/h12-14,17H,4-11H2,1-3H3,(H,19,20). The van der Waals surface area contributed by atoms with E-state index in [0.717, 1.165) is 45.3 Å². The van der Waals surface area contributed by atoms with Gasteiger partial charge in [-0.05, 0) is 51.1 Å². The number of nitrogens with one attached hydrogen (secondary N) is 1. The summed E-state index contributed by atoms with van der Waals surface area (Å²) in [6, 6.07) is 0.371. The van der Waals surface area contributed by atoms with E-state index in [4.69, 9.17) is 4.74 Å². The van der Waals surface area contributed by atoms with E-state index in [-0.39, 0.29) is 6.10 Å². The van der Waals surface area contributed by atoms with Crippen molar-refractivity contribution in [3.63, 3.8) is 0 Å². The fourth-order valence-corrected chi connectivity index (χ4v) is 3.82. The van der Waals surface area contributed by atoms with Crippen LogP contribution >= 0.6 is 0 Å². The average molecular weight is 298 g/mol. The molecule has 2 aliphatic rings. The summed E-state index contributed by atoms with van der Waals surface area (Å²) in [5.74, 6) is -0.0952. The van der Waals surface area contributed by atoms with Gasteiger partial charge in [-0.3, -0.25) is 9.69 Å². The highest BCUT2D eigenvalue weighted by Crippen LogP contribution is 2.35. The predicted molar refractivity (Wildman–Crippen MR) is 82.5 cm³/mol. The number of carboxylic acid groups (broad SMARTS) is 1. The van der Waals surface area contributed by atoms with Gasteiger partial charge in [-0.1, -0.05) is 13.8 Å². The van der Waals surface area contributed by atoms with Crippen molar-refractivity contribution in [3.05, 3.63) is 0 Å². The molecular weight excluding hydrogens is 268 g/mol. The molecule has 2 fully saturated rings. The van der Waals surface area contributed by atoms with E-state index in [2.05, 4.69) is 24.1 Å². The molecule has 21 heavy (non-hydrogen) atoms. The van der Waals surface area contributed by atoms with Crippen molar-refractivity contribution in [1.29, 1.82) is 0 Å². The number of aliphatic carboxylic acids is 1. The van der Waals surface area contributed by atoms with Crippen molar-refractivity contribution in [1.82, 2.24) is 10.2 Å². The van der Waals surface area contributed by atoms with Crippen molar-refractivity contribution in [2.45, 2.75) is 63.6 Å². The highest BCUT2D eigenvalue weighted by molar-refractivity contribution is 5.79. The number of hydrogen-bond donors (Lipinski definition) is 2. The summed E-state index contributed by atoms with van der Waals surface area (Å²) in [4.78, 5) is 14.2. The third-order valence-corrected chi connectivity index (χ3v) is 5.35. The Kier molecular flexibility index (Phi) is 5.63. The fourth-order valence-electron chi connectivity index (χ4n) is 3.82. The van der Waals surface area contributed by atoms with Crippen molar-refractivity contribution in [3.8, 4) is 0 Å². The van der Waals surface area contributed by atoms with Gasteiger partial charge < -0.3 is 15.2 Å². The number of likely N-dealkylation sites (tertiary alicyclic amines) is 1. The van der Waals surface area contributed by atoms with Gasteiger partial charge in [0.2, 0.25) is 0 Å². The minimum atomic E-state index is -0.716.